The van der Waals surface area contributed by atoms with Crippen molar-refractivity contribution in [3.05, 3.63) is 0 Å². The Kier molecular flexibility index (Phi) is 6.33. The van der Waals surface area contributed by atoms with Gasteiger partial charge in [-0.15, -0.1) is 0 Å². The van der Waals surface area contributed by atoms with Crippen LogP contribution >= 0.6 is 0 Å². The van der Waals surface area contributed by atoms with Crippen LogP contribution < -0.4 is 0 Å². The molecule has 0 aliphatic heterocycles. The highest BCUT2D eigenvalue weighted by molar-refractivity contribution is 4.72. The maximum atomic E-state index is 11.7. The molecular weight excluding hydrogens is 221 g/mol. The minimum Gasteiger partial charge on any atom is -0.393 e. The van der Waals surface area contributed by atoms with Gasteiger partial charge in [0.15, 0.2) is 0 Å². The molecule has 1 atom stereocenters. The highest BCUT2D eigenvalue weighted by Gasteiger charge is 2.27. The monoisotopic (exact) mass is 242 g/mol. The van der Waals surface area contributed by atoms with Crippen molar-refractivity contribution >= 4 is 0 Å². The van der Waals surface area contributed by atoms with Crippen molar-refractivity contribution in [1.82, 2.24) is 0 Å². The van der Waals surface area contributed by atoms with E-state index in [1.165, 1.54) is 0 Å². The zero-order chi connectivity index (χ0) is 12.8. The first-order chi connectivity index (χ1) is 7.13. The van der Waals surface area contributed by atoms with E-state index in [4.69, 9.17) is 0 Å². The van der Waals surface area contributed by atoms with Crippen molar-refractivity contribution in [1.29, 1.82) is 0 Å². The molecule has 98 valence electrons. The fraction of sp³-hybridized carbons (Fsp3) is 1.00. The zero-order valence-corrected chi connectivity index (χ0v) is 10.1. The Morgan fingerprint density at radius 2 is 1.69 bits per heavy atom. The van der Waals surface area contributed by atoms with Gasteiger partial charge in [-0.2, -0.15) is 13.2 Å². The zero-order valence-electron chi connectivity index (χ0n) is 10.1. The van der Waals surface area contributed by atoms with Gasteiger partial charge in [0.2, 0.25) is 0 Å². The molecule has 2 nitrogen and oxygen atoms in total. The summed E-state index contributed by atoms with van der Waals surface area (Å²) in [7, 11) is 0. The Morgan fingerprint density at radius 1 is 1.12 bits per heavy atom. The third-order valence-corrected chi connectivity index (χ3v) is 2.28. The lowest BCUT2D eigenvalue weighted by molar-refractivity contribution is -0.174. The van der Waals surface area contributed by atoms with Crippen LogP contribution in [0.3, 0.4) is 0 Å². The minimum atomic E-state index is -4.25. The summed E-state index contributed by atoms with van der Waals surface area (Å²) in [6.07, 6.45) is -2.85. The Balaban J connectivity index is 3.41. The quantitative estimate of drug-likeness (QED) is 0.725. The van der Waals surface area contributed by atoms with E-state index in [0.717, 1.165) is 0 Å². The average molecular weight is 242 g/mol. The van der Waals surface area contributed by atoms with Gasteiger partial charge in [0, 0.05) is 6.61 Å². The molecule has 0 bridgehead atoms. The molecule has 5 heteroatoms. The molecule has 0 saturated heterocycles. The number of unbranched alkanes of at least 4 members (excludes halogenated alkanes) is 1. The van der Waals surface area contributed by atoms with Crippen LogP contribution in [0.1, 0.15) is 40.0 Å². The molecule has 0 amide bonds. The topological polar surface area (TPSA) is 29.5 Å². The first kappa shape index (κ1) is 15.7. The number of rotatable bonds is 6. The van der Waals surface area contributed by atoms with Crippen molar-refractivity contribution < 1.29 is 23.0 Å². The Bertz CT molecular complexity index is 185. The smallest absolute Gasteiger partial charge is 0.393 e. The first-order valence-electron chi connectivity index (χ1n) is 5.45. The van der Waals surface area contributed by atoms with Crippen molar-refractivity contribution in [3.8, 4) is 0 Å². The van der Waals surface area contributed by atoms with Gasteiger partial charge in [-0.25, -0.2) is 0 Å². The van der Waals surface area contributed by atoms with Crippen LogP contribution in [0, 0.1) is 5.41 Å². The molecule has 0 saturated carbocycles. The summed E-state index contributed by atoms with van der Waals surface area (Å²) in [5.41, 5.74) is -0.174. The second-order valence-corrected chi connectivity index (χ2v) is 5.05. The van der Waals surface area contributed by atoms with Crippen LogP contribution in [0.25, 0.3) is 0 Å². The number of hydrogen-bond acceptors (Lipinski definition) is 2. The van der Waals surface area contributed by atoms with Gasteiger partial charge in [-0.3, -0.25) is 0 Å². The second kappa shape index (κ2) is 6.45. The Morgan fingerprint density at radius 3 is 2.12 bits per heavy atom. The van der Waals surface area contributed by atoms with Gasteiger partial charge in [-0.05, 0) is 24.7 Å². The molecule has 0 aromatic heterocycles. The molecular formula is C11H21F3O2. The molecule has 1 unspecified atom stereocenters. The standard InChI is InChI=1S/C11H21F3O2/c1-10(2,3)9(15)6-4-5-7-16-8-11(12,13)14/h9,15H,4-8H2,1-3H3. The number of ether oxygens (including phenoxy) is 1. The van der Waals surface area contributed by atoms with E-state index in [0.29, 0.717) is 19.3 Å². The van der Waals surface area contributed by atoms with E-state index < -0.39 is 18.9 Å². The molecule has 0 rings (SSSR count). The number of aliphatic hydroxyl groups is 1. The van der Waals surface area contributed by atoms with E-state index in [-0.39, 0.29) is 12.0 Å². The molecule has 1 N–H and O–H groups in total. The molecule has 0 aromatic carbocycles. The summed E-state index contributed by atoms with van der Waals surface area (Å²) in [5, 5.41) is 9.65. The molecule has 0 radical (unpaired) electrons. The number of aliphatic hydroxyl groups excluding tert-OH is 1. The lowest BCUT2D eigenvalue weighted by Crippen LogP contribution is -2.25. The van der Waals surface area contributed by atoms with E-state index in [2.05, 4.69) is 4.74 Å². The predicted octanol–water partition coefficient (Wildman–Crippen LogP) is 3.14. The third kappa shape index (κ3) is 8.97. The van der Waals surface area contributed by atoms with E-state index in [1.807, 2.05) is 20.8 Å². The summed E-state index contributed by atoms with van der Waals surface area (Å²) in [4.78, 5) is 0. The summed E-state index contributed by atoms with van der Waals surface area (Å²) in [6.45, 7) is 4.69. The molecule has 0 fully saturated rings. The lowest BCUT2D eigenvalue weighted by Gasteiger charge is -2.25. The van der Waals surface area contributed by atoms with Crippen molar-refractivity contribution in [2.24, 2.45) is 5.41 Å². The number of hydrogen-bond donors (Lipinski definition) is 1. The molecule has 16 heavy (non-hydrogen) atoms. The van der Waals surface area contributed by atoms with Crippen LogP contribution in [0.15, 0.2) is 0 Å². The van der Waals surface area contributed by atoms with Gasteiger partial charge >= 0.3 is 6.18 Å². The fourth-order valence-corrected chi connectivity index (χ4v) is 1.16. The lowest BCUT2D eigenvalue weighted by atomic mass is 9.86. The van der Waals surface area contributed by atoms with E-state index in [9.17, 15) is 18.3 Å². The van der Waals surface area contributed by atoms with Gasteiger partial charge in [0.1, 0.15) is 6.61 Å². The first-order valence-corrected chi connectivity index (χ1v) is 5.45. The normalized spacial score (nSPS) is 15.2. The van der Waals surface area contributed by atoms with Gasteiger partial charge in [0.25, 0.3) is 0 Å². The summed E-state index contributed by atoms with van der Waals surface area (Å²) < 4.78 is 39.5. The largest absolute Gasteiger partial charge is 0.411 e. The third-order valence-electron chi connectivity index (χ3n) is 2.28. The molecule has 0 spiro atoms. The van der Waals surface area contributed by atoms with Crippen molar-refractivity contribution in [2.75, 3.05) is 13.2 Å². The van der Waals surface area contributed by atoms with Crippen LogP contribution in [-0.2, 0) is 4.74 Å². The molecule has 0 aliphatic rings. The van der Waals surface area contributed by atoms with E-state index >= 15 is 0 Å². The molecule has 0 aliphatic carbocycles. The summed E-state index contributed by atoms with van der Waals surface area (Å²) in [6, 6.07) is 0. The van der Waals surface area contributed by atoms with Crippen molar-refractivity contribution in [2.45, 2.75) is 52.3 Å². The van der Waals surface area contributed by atoms with Crippen LogP contribution in [0.4, 0.5) is 13.2 Å². The predicted molar refractivity (Wildman–Crippen MR) is 56.2 cm³/mol. The fourth-order valence-electron chi connectivity index (χ4n) is 1.16. The van der Waals surface area contributed by atoms with E-state index in [1.54, 1.807) is 0 Å². The van der Waals surface area contributed by atoms with Gasteiger partial charge in [0.05, 0.1) is 6.10 Å². The summed E-state index contributed by atoms with van der Waals surface area (Å²) >= 11 is 0. The second-order valence-electron chi connectivity index (χ2n) is 5.05. The average Bonchev–Trinajstić information content (AvgIpc) is 2.07. The number of alkyl halides is 3. The van der Waals surface area contributed by atoms with Crippen LogP contribution in [0.5, 0.6) is 0 Å². The number of halogens is 3. The van der Waals surface area contributed by atoms with Crippen molar-refractivity contribution in [3.63, 3.8) is 0 Å². The maximum Gasteiger partial charge on any atom is 0.411 e. The maximum absolute atomic E-state index is 11.7. The van der Waals surface area contributed by atoms with Gasteiger partial charge in [-0.1, -0.05) is 20.8 Å². The van der Waals surface area contributed by atoms with Crippen LogP contribution in [0.2, 0.25) is 0 Å². The molecule has 0 aromatic rings. The Hall–Kier alpha value is -0.290. The molecule has 0 heterocycles. The van der Waals surface area contributed by atoms with Gasteiger partial charge < -0.3 is 9.84 Å². The highest BCUT2D eigenvalue weighted by atomic mass is 19.4. The van der Waals surface area contributed by atoms with Crippen LogP contribution in [-0.4, -0.2) is 30.6 Å². The Labute approximate surface area is 94.8 Å². The minimum absolute atomic E-state index is 0.0936. The highest BCUT2D eigenvalue weighted by Crippen LogP contribution is 2.23. The summed E-state index contributed by atoms with van der Waals surface area (Å²) in [5.74, 6) is 0. The SMILES string of the molecule is CC(C)(C)C(O)CCCCOCC(F)(F)F.